The maximum atomic E-state index is 13.0. The number of rotatable bonds is 8. The summed E-state index contributed by atoms with van der Waals surface area (Å²) in [6.45, 7) is 6.45. The first-order valence-electron chi connectivity index (χ1n) is 12.0. The minimum absolute atomic E-state index is 0.0169. The quantitative estimate of drug-likeness (QED) is 0.553. The van der Waals surface area contributed by atoms with E-state index in [-0.39, 0.29) is 17.9 Å². The smallest absolute Gasteiger partial charge is 0.254 e. The summed E-state index contributed by atoms with van der Waals surface area (Å²) in [5, 5.41) is 7.64. The minimum Gasteiger partial charge on any atom is -0.494 e. The van der Waals surface area contributed by atoms with Crippen LogP contribution in [0.25, 0.3) is 0 Å². The SMILES string of the molecule is CCOc1ccc(C(=O)N2CCC(NC(=O)c3cnn(Cc4ccccc4)c3CC)CC2)cc1. The molecule has 0 radical (unpaired) electrons. The Morgan fingerprint density at radius 1 is 1.03 bits per heavy atom. The Labute approximate surface area is 200 Å². The van der Waals surface area contributed by atoms with Crippen LogP contribution in [0.2, 0.25) is 0 Å². The van der Waals surface area contributed by atoms with E-state index in [2.05, 4.69) is 22.5 Å². The third kappa shape index (κ3) is 5.47. The van der Waals surface area contributed by atoms with Gasteiger partial charge in [-0.3, -0.25) is 14.3 Å². The van der Waals surface area contributed by atoms with Gasteiger partial charge in [0.25, 0.3) is 11.8 Å². The lowest BCUT2D eigenvalue weighted by atomic mass is 10.0. The Morgan fingerprint density at radius 3 is 2.38 bits per heavy atom. The van der Waals surface area contributed by atoms with Gasteiger partial charge in [-0.05, 0) is 56.0 Å². The number of likely N-dealkylation sites (tertiary alicyclic amines) is 1. The van der Waals surface area contributed by atoms with Gasteiger partial charge in [-0.15, -0.1) is 0 Å². The summed E-state index contributed by atoms with van der Waals surface area (Å²) < 4.78 is 7.36. The van der Waals surface area contributed by atoms with E-state index in [4.69, 9.17) is 4.74 Å². The number of benzene rings is 2. The molecule has 0 unspecified atom stereocenters. The van der Waals surface area contributed by atoms with Gasteiger partial charge in [-0.25, -0.2) is 0 Å². The number of carbonyl (C=O) groups excluding carboxylic acids is 2. The molecular formula is C27H32N4O3. The first kappa shape index (κ1) is 23.5. The summed E-state index contributed by atoms with van der Waals surface area (Å²) in [6.07, 6.45) is 3.86. The molecule has 4 rings (SSSR count). The average molecular weight is 461 g/mol. The van der Waals surface area contributed by atoms with E-state index in [0.717, 1.165) is 36.3 Å². The Morgan fingerprint density at radius 2 is 1.74 bits per heavy atom. The molecule has 1 saturated heterocycles. The first-order valence-corrected chi connectivity index (χ1v) is 12.0. The molecule has 3 aromatic rings. The highest BCUT2D eigenvalue weighted by molar-refractivity contribution is 5.96. The second-order valence-electron chi connectivity index (χ2n) is 8.50. The molecule has 178 valence electrons. The molecule has 2 aromatic carbocycles. The summed E-state index contributed by atoms with van der Waals surface area (Å²) in [7, 11) is 0. The third-order valence-corrected chi connectivity index (χ3v) is 6.23. The highest BCUT2D eigenvalue weighted by Crippen LogP contribution is 2.18. The van der Waals surface area contributed by atoms with Gasteiger partial charge in [0.2, 0.25) is 0 Å². The lowest BCUT2D eigenvalue weighted by Gasteiger charge is -2.32. The van der Waals surface area contributed by atoms with Crippen molar-refractivity contribution in [2.75, 3.05) is 19.7 Å². The molecule has 7 heteroatoms. The lowest BCUT2D eigenvalue weighted by molar-refractivity contribution is 0.0698. The van der Waals surface area contributed by atoms with Crippen LogP contribution in [0.5, 0.6) is 5.75 Å². The molecule has 34 heavy (non-hydrogen) atoms. The Hall–Kier alpha value is -3.61. The zero-order valence-electron chi connectivity index (χ0n) is 19.9. The van der Waals surface area contributed by atoms with Crippen molar-refractivity contribution in [2.45, 2.75) is 45.7 Å². The van der Waals surface area contributed by atoms with Gasteiger partial charge in [0, 0.05) is 24.7 Å². The molecule has 2 amide bonds. The van der Waals surface area contributed by atoms with Crippen molar-refractivity contribution in [3.63, 3.8) is 0 Å². The van der Waals surface area contributed by atoms with Crippen molar-refractivity contribution in [1.82, 2.24) is 20.0 Å². The maximum Gasteiger partial charge on any atom is 0.254 e. The number of nitrogens with zero attached hydrogens (tertiary/aromatic N) is 3. The van der Waals surface area contributed by atoms with Crippen molar-refractivity contribution < 1.29 is 14.3 Å². The van der Waals surface area contributed by atoms with Crippen LogP contribution < -0.4 is 10.1 Å². The number of amides is 2. The van der Waals surface area contributed by atoms with Crippen LogP contribution in [-0.2, 0) is 13.0 Å². The van der Waals surface area contributed by atoms with Crippen LogP contribution in [0.1, 0.15) is 58.7 Å². The fourth-order valence-electron chi connectivity index (χ4n) is 4.40. The largest absolute Gasteiger partial charge is 0.494 e. The standard InChI is InChI=1S/C27H32N4O3/c1-3-25-24(18-28-31(25)19-20-8-6-5-7-9-20)26(32)29-22-14-16-30(17-15-22)27(33)21-10-12-23(13-11-21)34-4-2/h5-13,18,22H,3-4,14-17,19H2,1-2H3,(H,29,32). The average Bonchev–Trinajstić information content (AvgIpc) is 3.28. The number of carbonyl (C=O) groups is 2. The topological polar surface area (TPSA) is 76.5 Å². The molecule has 1 aliphatic rings. The summed E-state index contributed by atoms with van der Waals surface area (Å²) >= 11 is 0. The third-order valence-electron chi connectivity index (χ3n) is 6.23. The molecule has 1 aromatic heterocycles. The van der Waals surface area contributed by atoms with Crippen LogP contribution >= 0.6 is 0 Å². The van der Waals surface area contributed by atoms with E-state index < -0.39 is 0 Å². The number of hydrogen-bond acceptors (Lipinski definition) is 4. The van der Waals surface area contributed by atoms with E-state index in [1.165, 1.54) is 0 Å². The van der Waals surface area contributed by atoms with E-state index in [1.807, 2.05) is 53.8 Å². The van der Waals surface area contributed by atoms with Gasteiger partial charge in [0.15, 0.2) is 0 Å². The highest BCUT2D eigenvalue weighted by Gasteiger charge is 2.26. The normalized spacial score (nSPS) is 14.1. The molecule has 0 saturated carbocycles. The van der Waals surface area contributed by atoms with Crippen molar-refractivity contribution in [3.05, 3.63) is 83.2 Å². The molecule has 0 atom stereocenters. The number of aromatic nitrogens is 2. The van der Waals surface area contributed by atoms with Gasteiger partial charge in [0.1, 0.15) is 5.75 Å². The molecule has 0 aliphatic carbocycles. The molecular weight excluding hydrogens is 428 g/mol. The van der Waals surface area contributed by atoms with Crippen LogP contribution in [0.15, 0.2) is 60.8 Å². The number of piperidine rings is 1. The molecule has 2 heterocycles. The Bertz CT molecular complexity index is 1100. The molecule has 1 aliphatic heterocycles. The zero-order valence-corrected chi connectivity index (χ0v) is 19.9. The van der Waals surface area contributed by atoms with Gasteiger partial charge < -0.3 is 15.0 Å². The monoisotopic (exact) mass is 460 g/mol. The van der Waals surface area contributed by atoms with Crippen molar-refractivity contribution in [3.8, 4) is 5.75 Å². The van der Waals surface area contributed by atoms with Crippen LogP contribution in [-0.4, -0.2) is 52.2 Å². The highest BCUT2D eigenvalue weighted by atomic mass is 16.5. The fourth-order valence-corrected chi connectivity index (χ4v) is 4.40. The van der Waals surface area contributed by atoms with Crippen molar-refractivity contribution >= 4 is 11.8 Å². The summed E-state index contributed by atoms with van der Waals surface area (Å²) in [6, 6.07) is 17.4. The molecule has 7 nitrogen and oxygen atoms in total. The predicted octanol–water partition coefficient (Wildman–Crippen LogP) is 3.93. The number of nitrogens with one attached hydrogen (secondary N) is 1. The van der Waals surface area contributed by atoms with E-state index in [1.54, 1.807) is 18.3 Å². The summed E-state index contributed by atoms with van der Waals surface area (Å²) in [5.74, 6) is 0.690. The van der Waals surface area contributed by atoms with Crippen molar-refractivity contribution in [2.24, 2.45) is 0 Å². The lowest BCUT2D eigenvalue weighted by Crippen LogP contribution is -2.46. The second-order valence-corrected chi connectivity index (χ2v) is 8.50. The van der Waals surface area contributed by atoms with Crippen LogP contribution in [0, 0.1) is 0 Å². The Balaban J connectivity index is 1.32. The zero-order chi connectivity index (χ0) is 23.9. The summed E-state index contributed by atoms with van der Waals surface area (Å²) in [4.78, 5) is 27.7. The van der Waals surface area contributed by atoms with Crippen molar-refractivity contribution in [1.29, 1.82) is 0 Å². The Kier molecular flexibility index (Phi) is 7.62. The molecule has 0 bridgehead atoms. The minimum atomic E-state index is -0.0903. The van der Waals surface area contributed by atoms with E-state index >= 15 is 0 Å². The summed E-state index contributed by atoms with van der Waals surface area (Å²) in [5.41, 5.74) is 3.37. The van der Waals surface area contributed by atoms with Gasteiger partial charge in [-0.2, -0.15) is 5.10 Å². The van der Waals surface area contributed by atoms with Gasteiger partial charge >= 0.3 is 0 Å². The number of ether oxygens (including phenoxy) is 1. The molecule has 1 N–H and O–H groups in total. The maximum absolute atomic E-state index is 13.0. The van der Waals surface area contributed by atoms with Crippen LogP contribution in [0.3, 0.4) is 0 Å². The van der Waals surface area contributed by atoms with Gasteiger partial charge in [0.05, 0.1) is 30.6 Å². The predicted molar refractivity (Wildman–Crippen MR) is 131 cm³/mol. The van der Waals surface area contributed by atoms with E-state index in [0.29, 0.717) is 37.4 Å². The molecule has 1 fully saturated rings. The van der Waals surface area contributed by atoms with E-state index in [9.17, 15) is 9.59 Å². The molecule has 0 spiro atoms. The van der Waals surface area contributed by atoms with Crippen LogP contribution in [0.4, 0.5) is 0 Å². The fraction of sp³-hybridized carbons (Fsp3) is 0.370. The second kappa shape index (κ2) is 11.0. The first-order chi connectivity index (χ1) is 16.6. The number of hydrogen-bond donors (Lipinski definition) is 1. The van der Waals surface area contributed by atoms with Gasteiger partial charge in [-0.1, -0.05) is 37.3 Å².